The van der Waals surface area contributed by atoms with Gasteiger partial charge >= 0.3 is 6.36 Å². The van der Waals surface area contributed by atoms with Crippen LogP contribution < -0.4 is 5.56 Å². The van der Waals surface area contributed by atoms with Crippen LogP contribution in [0.5, 0.6) is 0 Å². The number of aromatic amines is 1. The fourth-order valence-electron chi connectivity index (χ4n) is 2.50. The summed E-state index contributed by atoms with van der Waals surface area (Å²) in [5.74, 6) is 0. The van der Waals surface area contributed by atoms with Crippen LogP contribution in [-0.4, -0.2) is 11.3 Å². The zero-order valence-corrected chi connectivity index (χ0v) is 12.3. The molecule has 0 unspecified atom stereocenters. The van der Waals surface area contributed by atoms with Crippen molar-refractivity contribution in [3.63, 3.8) is 0 Å². The first kappa shape index (κ1) is 12.8. The Morgan fingerprint density at radius 2 is 1.92 bits per heavy atom. The molecule has 1 N–H and O–H groups in total. The van der Waals surface area contributed by atoms with Crippen molar-refractivity contribution in [2.75, 3.05) is 0 Å². The molecule has 0 aliphatic rings. The number of hydrogen-bond donors (Lipinski definition) is 1. The Morgan fingerprint density at radius 1 is 1.12 bits per heavy atom. The molecule has 0 amide bonds. The molecule has 3 rings (SSSR count). The Hall–Kier alpha value is -2.60. The number of pyridine rings is 1. The molecule has 24 heavy (non-hydrogen) atoms. The van der Waals surface area contributed by atoms with E-state index in [9.17, 15) is 18.0 Å². The quantitative estimate of drug-likeness (QED) is 0.763. The number of rotatable bonds is 3. The maximum Gasteiger partial charge on any atom is 0.522 e. The van der Waals surface area contributed by atoms with Gasteiger partial charge in [0.15, 0.2) is 0 Å². The molecule has 0 saturated carbocycles. The Labute approximate surface area is 139 Å². The van der Waals surface area contributed by atoms with E-state index in [0.717, 1.165) is 0 Å². The number of benzene rings is 2. The second-order valence-electron chi connectivity index (χ2n) is 5.19. The molecular weight excluding hydrogens is 319 g/mol. The van der Waals surface area contributed by atoms with E-state index in [1.54, 1.807) is 18.2 Å². The molecule has 0 aliphatic heterocycles. The first-order valence-electron chi connectivity index (χ1n) is 8.51. The fourth-order valence-corrected chi connectivity index (χ4v) is 2.50. The van der Waals surface area contributed by atoms with E-state index in [1.807, 2.05) is 0 Å². The predicted octanol–water partition coefficient (Wildman–Crippen LogP) is 4.54. The zero-order valence-electron chi connectivity index (χ0n) is 15.3. The fraction of sp³-hybridized carbons (Fsp3) is 0.167. The van der Waals surface area contributed by atoms with Crippen LogP contribution in [0, 0.1) is 6.85 Å². The Morgan fingerprint density at radius 3 is 2.67 bits per heavy atom. The largest absolute Gasteiger partial charge is 0.522 e. The second kappa shape index (κ2) is 6.13. The van der Waals surface area contributed by atoms with E-state index in [-0.39, 0.29) is 16.5 Å². The molecule has 1 heterocycles. The summed E-state index contributed by atoms with van der Waals surface area (Å²) < 4.78 is 63.6. The molecule has 0 atom stereocenters. The third-order valence-electron chi connectivity index (χ3n) is 3.59. The summed E-state index contributed by atoms with van der Waals surface area (Å²) >= 11 is 0. The molecule has 0 bridgehead atoms. The number of aryl methyl sites for hydroxylation is 1. The summed E-state index contributed by atoms with van der Waals surface area (Å²) in [6.07, 6.45) is -3.37. The van der Waals surface area contributed by atoms with Crippen LogP contribution in [0.3, 0.4) is 0 Å². The summed E-state index contributed by atoms with van der Waals surface area (Å²) in [6, 6.07) is 10.6. The van der Waals surface area contributed by atoms with Crippen molar-refractivity contribution in [3.05, 3.63) is 70.1 Å². The zero-order chi connectivity index (χ0) is 19.8. The normalized spacial score (nSPS) is 14.2. The SMILES string of the molecule is [2H]C([2H])([2H])c1ccccc1-c1c[nH]c(=O)c2cc(COC(F)(F)F)ccc12. The first-order valence-corrected chi connectivity index (χ1v) is 7.01. The molecule has 0 aliphatic carbocycles. The minimum Gasteiger partial charge on any atom is -0.328 e. The van der Waals surface area contributed by atoms with Gasteiger partial charge in [0.05, 0.1) is 6.61 Å². The van der Waals surface area contributed by atoms with Crippen LogP contribution >= 0.6 is 0 Å². The molecule has 0 spiro atoms. The van der Waals surface area contributed by atoms with Crippen LogP contribution in [0.4, 0.5) is 13.2 Å². The average molecular weight is 336 g/mol. The van der Waals surface area contributed by atoms with E-state index in [0.29, 0.717) is 16.5 Å². The lowest BCUT2D eigenvalue weighted by Gasteiger charge is -2.11. The summed E-state index contributed by atoms with van der Waals surface area (Å²) in [5.41, 5.74) is 0.682. The Kier molecular flexibility index (Phi) is 3.26. The van der Waals surface area contributed by atoms with Crippen LogP contribution in [0.2, 0.25) is 0 Å². The third-order valence-corrected chi connectivity index (χ3v) is 3.59. The van der Waals surface area contributed by atoms with Crippen molar-refractivity contribution in [2.45, 2.75) is 19.8 Å². The first-order chi connectivity index (χ1) is 12.6. The molecular formula is C18H14F3NO2. The monoisotopic (exact) mass is 336 g/mol. The second-order valence-corrected chi connectivity index (χ2v) is 5.19. The maximum atomic E-state index is 12.2. The van der Waals surface area contributed by atoms with Gasteiger partial charge in [0.1, 0.15) is 0 Å². The van der Waals surface area contributed by atoms with Gasteiger partial charge < -0.3 is 4.98 Å². The number of fused-ring (bicyclic) bond motifs is 1. The highest BCUT2D eigenvalue weighted by atomic mass is 19.4. The van der Waals surface area contributed by atoms with E-state index >= 15 is 0 Å². The molecule has 0 fully saturated rings. The van der Waals surface area contributed by atoms with E-state index in [1.165, 1.54) is 30.5 Å². The number of nitrogens with one attached hydrogen (secondary N) is 1. The Bertz CT molecular complexity index is 1040. The van der Waals surface area contributed by atoms with Crippen LogP contribution in [-0.2, 0) is 11.3 Å². The third kappa shape index (κ3) is 3.33. The van der Waals surface area contributed by atoms with Crippen LogP contribution in [0.1, 0.15) is 15.2 Å². The van der Waals surface area contributed by atoms with Gasteiger partial charge in [-0.05, 0) is 35.0 Å². The molecule has 3 nitrogen and oxygen atoms in total. The van der Waals surface area contributed by atoms with Gasteiger partial charge in [0.2, 0.25) is 0 Å². The van der Waals surface area contributed by atoms with E-state index < -0.39 is 25.4 Å². The minimum atomic E-state index is -4.78. The predicted molar refractivity (Wildman–Crippen MR) is 85.6 cm³/mol. The van der Waals surface area contributed by atoms with Crippen molar-refractivity contribution in [3.8, 4) is 11.1 Å². The number of alkyl halides is 3. The van der Waals surface area contributed by atoms with Gasteiger partial charge in [-0.15, -0.1) is 13.2 Å². The van der Waals surface area contributed by atoms with Crippen LogP contribution in [0.15, 0.2) is 53.5 Å². The highest BCUT2D eigenvalue weighted by Crippen LogP contribution is 2.29. The maximum absolute atomic E-state index is 12.2. The average Bonchev–Trinajstić information content (AvgIpc) is 2.59. The molecule has 3 aromatic rings. The number of H-pyrrole nitrogens is 1. The van der Waals surface area contributed by atoms with Crippen LogP contribution in [0.25, 0.3) is 21.9 Å². The number of halogens is 3. The minimum absolute atomic E-state index is 0.114. The van der Waals surface area contributed by atoms with Crippen molar-refractivity contribution in [1.82, 2.24) is 4.98 Å². The number of ether oxygens (including phenoxy) is 1. The van der Waals surface area contributed by atoms with Crippen molar-refractivity contribution in [1.29, 1.82) is 0 Å². The highest BCUT2D eigenvalue weighted by Gasteiger charge is 2.29. The van der Waals surface area contributed by atoms with Gasteiger partial charge in [-0.2, -0.15) is 0 Å². The number of hydrogen-bond acceptors (Lipinski definition) is 2. The lowest BCUT2D eigenvalue weighted by molar-refractivity contribution is -0.330. The number of aromatic nitrogens is 1. The van der Waals surface area contributed by atoms with Crippen molar-refractivity contribution < 1.29 is 22.0 Å². The molecule has 0 saturated heterocycles. The lowest BCUT2D eigenvalue weighted by Crippen LogP contribution is -2.13. The van der Waals surface area contributed by atoms with Gasteiger partial charge in [-0.1, -0.05) is 36.4 Å². The lowest BCUT2D eigenvalue weighted by atomic mass is 9.96. The van der Waals surface area contributed by atoms with Gasteiger partial charge in [-0.25, -0.2) is 0 Å². The standard InChI is InChI=1S/C18H14F3NO2/c1-11-4-2-3-5-13(11)16-9-22-17(23)15-8-12(6-7-14(15)16)10-24-18(19,20)21/h2-9H,10H2,1H3,(H,22,23)/i1D3. The molecule has 2 aromatic carbocycles. The van der Waals surface area contributed by atoms with Gasteiger partial charge in [0, 0.05) is 21.3 Å². The smallest absolute Gasteiger partial charge is 0.328 e. The van der Waals surface area contributed by atoms with Crippen molar-refractivity contribution in [2.24, 2.45) is 0 Å². The summed E-state index contributed by atoms with van der Waals surface area (Å²) in [4.78, 5) is 14.7. The summed E-state index contributed by atoms with van der Waals surface area (Å²) in [7, 11) is 0. The summed E-state index contributed by atoms with van der Waals surface area (Å²) in [6.45, 7) is -3.09. The van der Waals surface area contributed by atoms with Gasteiger partial charge in [0.25, 0.3) is 5.56 Å². The molecule has 1 aromatic heterocycles. The summed E-state index contributed by atoms with van der Waals surface area (Å²) in [5, 5.41) is 0.585. The van der Waals surface area contributed by atoms with Gasteiger partial charge in [-0.3, -0.25) is 9.53 Å². The molecule has 124 valence electrons. The molecule has 6 heteroatoms. The van der Waals surface area contributed by atoms with E-state index in [4.69, 9.17) is 4.11 Å². The van der Waals surface area contributed by atoms with E-state index in [2.05, 4.69) is 9.72 Å². The topological polar surface area (TPSA) is 42.1 Å². The highest BCUT2D eigenvalue weighted by molar-refractivity contribution is 5.96. The Balaban J connectivity index is 2.15. The molecule has 0 radical (unpaired) electrons. The van der Waals surface area contributed by atoms with Crippen molar-refractivity contribution >= 4 is 10.8 Å².